The fourth-order valence-corrected chi connectivity index (χ4v) is 6.56. The van der Waals surface area contributed by atoms with Gasteiger partial charge in [0.25, 0.3) is 0 Å². The molecule has 8 nitrogen and oxygen atoms in total. The summed E-state index contributed by atoms with van der Waals surface area (Å²) in [5, 5.41) is 0. The Balaban J connectivity index is 1.43. The van der Waals surface area contributed by atoms with Crippen LogP contribution in [-0.2, 0) is 16.4 Å². The minimum absolute atomic E-state index is 0.178. The summed E-state index contributed by atoms with van der Waals surface area (Å²) in [5.74, 6) is 1.51. The van der Waals surface area contributed by atoms with Gasteiger partial charge in [0.05, 0.1) is 11.7 Å². The monoisotopic (exact) mass is 456 g/mol. The molecule has 0 saturated carbocycles. The zero-order valence-corrected chi connectivity index (χ0v) is 19.1. The van der Waals surface area contributed by atoms with Crippen molar-refractivity contribution in [3.05, 3.63) is 42.4 Å². The van der Waals surface area contributed by atoms with Gasteiger partial charge in [-0.15, -0.1) is 0 Å². The quantitative estimate of drug-likeness (QED) is 0.455. The number of hydrogen-bond acceptors (Lipinski definition) is 7. The first kappa shape index (κ1) is 20.5. The molecule has 3 aromatic heterocycles. The molecular formula is C21H24N6O2S2. The van der Waals surface area contributed by atoms with Crippen LogP contribution in [0.15, 0.2) is 41.4 Å². The van der Waals surface area contributed by atoms with E-state index in [-0.39, 0.29) is 10.9 Å². The van der Waals surface area contributed by atoms with Crippen molar-refractivity contribution in [2.24, 2.45) is 5.92 Å². The predicted molar refractivity (Wildman–Crippen MR) is 121 cm³/mol. The number of imidazole rings is 1. The first-order valence-corrected chi connectivity index (χ1v) is 12.7. The molecule has 0 aliphatic carbocycles. The smallest absolute Gasteiger partial charge is 0.245 e. The third-order valence-electron chi connectivity index (χ3n) is 5.77. The first-order chi connectivity index (χ1) is 14.9. The molecule has 0 bridgehead atoms. The van der Waals surface area contributed by atoms with Crippen LogP contribution in [0.5, 0.6) is 0 Å². The molecule has 0 spiro atoms. The Kier molecular flexibility index (Phi) is 5.23. The number of nitrogens with zero attached hydrogens (tertiary/aromatic N) is 6. The van der Waals surface area contributed by atoms with E-state index in [4.69, 9.17) is 4.98 Å². The van der Waals surface area contributed by atoms with E-state index in [0.717, 1.165) is 48.0 Å². The van der Waals surface area contributed by atoms with Crippen LogP contribution in [0.25, 0.3) is 22.2 Å². The van der Waals surface area contributed by atoms with Crippen molar-refractivity contribution in [1.29, 1.82) is 0 Å². The van der Waals surface area contributed by atoms with Crippen LogP contribution in [0.3, 0.4) is 0 Å². The first-order valence-electron chi connectivity index (χ1n) is 10.5. The summed E-state index contributed by atoms with van der Waals surface area (Å²) in [6, 6.07) is 9.21. The van der Waals surface area contributed by atoms with Crippen molar-refractivity contribution < 1.29 is 8.42 Å². The fourth-order valence-electron chi connectivity index (χ4n) is 4.34. The predicted octanol–water partition coefficient (Wildman–Crippen LogP) is 3.66. The van der Waals surface area contributed by atoms with Gasteiger partial charge in [-0.2, -0.15) is 13.1 Å². The molecule has 31 heavy (non-hydrogen) atoms. The molecule has 0 radical (unpaired) electrons. The molecule has 5 rings (SSSR count). The van der Waals surface area contributed by atoms with Crippen LogP contribution in [0.2, 0.25) is 0 Å². The van der Waals surface area contributed by atoms with Gasteiger partial charge < -0.3 is 4.57 Å². The summed E-state index contributed by atoms with van der Waals surface area (Å²) in [6.45, 7) is 5.27. The molecule has 0 amide bonds. The Labute approximate surface area is 185 Å². The van der Waals surface area contributed by atoms with Gasteiger partial charge in [-0.3, -0.25) is 0 Å². The molecule has 10 heteroatoms. The second-order valence-electron chi connectivity index (χ2n) is 8.37. The standard InChI is InChI=1S/C21H24N6O2S2/c1-14(2)13-19-23-17-6-4-10-22-21(17)27(19)15-8-11-26(12-9-15)31(28,29)18-7-3-5-16-20(18)25-30-24-16/h3-7,10,14-15H,8-9,11-13H2,1-2H3. The third kappa shape index (κ3) is 3.62. The molecule has 1 saturated heterocycles. The summed E-state index contributed by atoms with van der Waals surface area (Å²) in [4.78, 5) is 9.65. The van der Waals surface area contributed by atoms with E-state index < -0.39 is 10.0 Å². The molecule has 0 N–H and O–H groups in total. The highest BCUT2D eigenvalue weighted by Crippen LogP contribution is 2.32. The Morgan fingerprint density at radius 2 is 1.87 bits per heavy atom. The minimum Gasteiger partial charge on any atom is -0.309 e. The van der Waals surface area contributed by atoms with Gasteiger partial charge >= 0.3 is 0 Å². The van der Waals surface area contributed by atoms with Crippen molar-refractivity contribution >= 4 is 43.9 Å². The molecule has 0 atom stereocenters. The Hall–Kier alpha value is -2.43. The van der Waals surface area contributed by atoms with Crippen LogP contribution in [0.1, 0.15) is 38.6 Å². The van der Waals surface area contributed by atoms with Gasteiger partial charge in [0.15, 0.2) is 5.65 Å². The average Bonchev–Trinajstić information content (AvgIpc) is 3.37. The van der Waals surface area contributed by atoms with Gasteiger partial charge in [-0.25, -0.2) is 18.4 Å². The maximum absolute atomic E-state index is 13.3. The molecule has 4 heterocycles. The van der Waals surface area contributed by atoms with Crippen LogP contribution in [-0.4, -0.2) is 49.1 Å². The number of rotatable bonds is 5. The highest BCUT2D eigenvalue weighted by Gasteiger charge is 2.33. The summed E-state index contributed by atoms with van der Waals surface area (Å²) in [7, 11) is -3.63. The van der Waals surface area contributed by atoms with Crippen molar-refractivity contribution in [2.75, 3.05) is 13.1 Å². The second-order valence-corrected chi connectivity index (χ2v) is 10.8. The number of benzene rings is 1. The lowest BCUT2D eigenvalue weighted by atomic mass is 10.1. The second kappa shape index (κ2) is 7.92. The zero-order chi connectivity index (χ0) is 21.6. The number of aromatic nitrogens is 5. The lowest BCUT2D eigenvalue weighted by molar-refractivity contribution is 0.272. The normalized spacial score (nSPS) is 16.6. The van der Waals surface area contributed by atoms with Crippen LogP contribution in [0, 0.1) is 5.92 Å². The van der Waals surface area contributed by atoms with E-state index in [2.05, 4.69) is 32.1 Å². The number of hydrogen-bond donors (Lipinski definition) is 0. The van der Waals surface area contributed by atoms with Gasteiger partial charge in [-0.1, -0.05) is 19.9 Å². The number of pyridine rings is 1. The molecule has 1 aliphatic rings. The lowest BCUT2D eigenvalue weighted by Crippen LogP contribution is -2.39. The summed E-state index contributed by atoms with van der Waals surface area (Å²) < 4.78 is 38.9. The van der Waals surface area contributed by atoms with Crippen molar-refractivity contribution in [3.8, 4) is 0 Å². The Morgan fingerprint density at radius 1 is 1.10 bits per heavy atom. The summed E-state index contributed by atoms with van der Waals surface area (Å²) in [5.41, 5.74) is 2.86. The number of fused-ring (bicyclic) bond motifs is 2. The van der Waals surface area contributed by atoms with Crippen LogP contribution >= 0.6 is 11.7 Å². The van der Waals surface area contributed by atoms with Crippen molar-refractivity contribution in [3.63, 3.8) is 0 Å². The van der Waals surface area contributed by atoms with Crippen LogP contribution < -0.4 is 0 Å². The largest absolute Gasteiger partial charge is 0.309 e. The molecule has 1 aliphatic heterocycles. The van der Waals surface area contributed by atoms with Crippen molar-refractivity contribution in [2.45, 2.75) is 44.0 Å². The molecule has 0 unspecified atom stereocenters. The van der Waals surface area contributed by atoms with E-state index >= 15 is 0 Å². The van der Waals surface area contributed by atoms with E-state index in [1.807, 2.05) is 12.1 Å². The Morgan fingerprint density at radius 3 is 2.65 bits per heavy atom. The average molecular weight is 457 g/mol. The van der Waals surface area contributed by atoms with E-state index in [1.54, 1.807) is 28.7 Å². The van der Waals surface area contributed by atoms with Gasteiger partial charge in [-0.05, 0) is 43.0 Å². The summed E-state index contributed by atoms with van der Waals surface area (Å²) >= 11 is 1.04. The molecule has 1 fully saturated rings. The van der Waals surface area contributed by atoms with Crippen LogP contribution in [0.4, 0.5) is 0 Å². The number of piperidine rings is 1. The van der Waals surface area contributed by atoms with Gasteiger partial charge in [0, 0.05) is 31.7 Å². The summed E-state index contributed by atoms with van der Waals surface area (Å²) in [6.07, 6.45) is 4.10. The molecule has 1 aromatic carbocycles. The topological polar surface area (TPSA) is 93.9 Å². The lowest BCUT2D eigenvalue weighted by Gasteiger charge is -2.32. The minimum atomic E-state index is -3.63. The fraction of sp³-hybridized carbons (Fsp3) is 0.429. The molecule has 162 valence electrons. The number of sulfonamides is 1. The molecule has 4 aromatic rings. The van der Waals surface area contributed by atoms with Crippen molar-refractivity contribution in [1.82, 2.24) is 27.6 Å². The maximum Gasteiger partial charge on any atom is 0.245 e. The highest BCUT2D eigenvalue weighted by atomic mass is 32.2. The van der Waals surface area contributed by atoms with E-state index in [1.165, 1.54) is 0 Å². The zero-order valence-electron chi connectivity index (χ0n) is 17.5. The Bertz CT molecular complexity index is 1340. The maximum atomic E-state index is 13.3. The van der Waals surface area contributed by atoms with E-state index in [9.17, 15) is 8.42 Å². The van der Waals surface area contributed by atoms with Gasteiger partial charge in [0.2, 0.25) is 10.0 Å². The SMILES string of the molecule is CC(C)Cc1nc2cccnc2n1C1CCN(S(=O)(=O)c2cccc3nsnc23)CC1. The highest BCUT2D eigenvalue weighted by molar-refractivity contribution is 7.89. The molecular weight excluding hydrogens is 432 g/mol. The van der Waals surface area contributed by atoms with E-state index in [0.29, 0.717) is 30.0 Å². The van der Waals surface area contributed by atoms with Gasteiger partial charge in [0.1, 0.15) is 27.3 Å². The third-order valence-corrected chi connectivity index (χ3v) is 8.24.